The van der Waals surface area contributed by atoms with Gasteiger partial charge >= 0.3 is 0 Å². The van der Waals surface area contributed by atoms with Gasteiger partial charge in [-0.2, -0.15) is 0 Å². The van der Waals surface area contributed by atoms with Crippen LogP contribution in [0.1, 0.15) is 41.0 Å². The second-order valence-electron chi connectivity index (χ2n) is 6.01. The molecule has 3 heteroatoms. The van der Waals surface area contributed by atoms with Crippen LogP contribution in [0.25, 0.3) is 0 Å². The minimum absolute atomic E-state index is 0.0777. The SMILES string of the molecule is COC(C)(C)CCOCC(CBr)C(C)(C)C. The molecule has 16 heavy (non-hydrogen) atoms. The normalized spacial score (nSPS) is 15.2. The van der Waals surface area contributed by atoms with Crippen LogP contribution in [0.4, 0.5) is 0 Å². The fourth-order valence-corrected chi connectivity index (χ4v) is 2.33. The van der Waals surface area contributed by atoms with E-state index in [1.165, 1.54) is 0 Å². The smallest absolute Gasteiger partial charge is 0.0644 e. The van der Waals surface area contributed by atoms with Crippen LogP contribution in [0.15, 0.2) is 0 Å². The summed E-state index contributed by atoms with van der Waals surface area (Å²) in [6, 6.07) is 0. The molecule has 0 fully saturated rings. The van der Waals surface area contributed by atoms with Crippen LogP contribution in [0.3, 0.4) is 0 Å². The molecule has 0 aromatic heterocycles. The minimum atomic E-state index is -0.0777. The summed E-state index contributed by atoms with van der Waals surface area (Å²) in [6.07, 6.45) is 0.933. The Labute approximate surface area is 109 Å². The predicted molar refractivity (Wildman–Crippen MR) is 73.3 cm³/mol. The van der Waals surface area contributed by atoms with Crippen molar-refractivity contribution in [2.45, 2.75) is 46.6 Å². The van der Waals surface area contributed by atoms with Gasteiger partial charge in [0.2, 0.25) is 0 Å². The van der Waals surface area contributed by atoms with Crippen molar-refractivity contribution in [2.24, 2.45) is 11.3 Å². The summed E-state index contributed by atoms with van der Waals surface area (Å²) in [5.74, 6) is 0.554. The first kappa shape index (κ1) is 16.4. The average molecular weight is 295 g/mol. The predicted octanol–water partition coefficient (Wildman–Crippen LogP) is 3.88. The van der Waals surface area contributed by atoms with E-state index >= 15 is 0 Å². The van der Waals surface area contributed by atoms with Crippen molar-refractivity contribution in [2.75, 3.05) is 25.7 Å². The highest BCUT2D eigenvalue weighted by Gasteiger charge is 2.24. The average Bonchev–Trinajstić information content (AvgIpc) is 2.15. The highest BCUT2D eigenvalue weighted by atomic mass is 79.9. The zero-order valence-electron chi connectivity index (χ0n) is 11.6. The molecule has 0 saturated heterocycles. The van der Waals surface area contributed by atoms with Crippen LogP contribution in [0.5, 0.6) is 0 Å². The molecule has 1 atom stereocenters. The van der Waals surface area contributed by atoms with Gasteiger partial charge in [0.1, 0.15) is 0 Å². The summed E-state index contributed by atoms with van der Waals surface area (Å²) in [6.45, 7) is 12.5. The fourth-order valence-electron chi connectivity index (χ4n) is 1.17. The Morgan fingerprint density at radius 1 is 1.12 bits per heavy atom. The first-order chi connectivity index (χ1) is 7.23. The number of halogens is 1. The minimum Gasteiger partial charge on any atom is -0.381 e. The second-order valence-corrected chi connectivity index (χ2v) is 6.65. The Hall–Kier alpha value is 0.400. The van der Waals surface area contributed by atoms with Gasteiger partial charge in [-0.15, -0.1) is 0 Å². The van der Waals surface area contributed by atoms with E-state index in [-0.39, 0.29) is 5.60 Å². The monoisotopic (exact) mass is 294 g/mol. The summed E-state index contributed by atoms with van der Waals surface area (Å²) in [4.78, 5) is 0. The molecule has 1 unspecified atom stereocenters. The van der Waals surface area contributed by atoms with E-state index in [2.05, 4.69) is 50.5 Å². The van der Waals surface area contributed by atoms with E-state index in [1.54, 1.807) is 7.11 Å². The largest absolute Gasteiger partial charge is 0.381 e. The Morgan fingerprint density at radius 3 is 2.06 bits per heavy atom. The Balaban J connectivity index is 3.81. The molecule has 0 radical (unpaired) electrons. The highest BCUT2D eigenvalue weighted by Crippen LogP contribution is 2.27. The number of hydrogen-bond acceptors (Lipinski definition) is 2. The lowest BCUT2D eigenvalue weighted by molar-refractivity contribution is -0.0186. The molecule has 0 bridgehead atoms. The maximum absolute atomic E-state index is 5.74. The molecule has 0 heterocycles. The molecule has 0 rings (SSSR count). The number of hydrogen-bond donors (Lipinski definition) is 0. The molecule has 0 aromatic carbocycles. The van der Waals surface area contributed by atoms with Gasteiger partial charge in [-0.05, 0) is 31.6 Å². The van der Waals surface area contributed by atoms with Gasteiger partial charge in [0.15, 0.2) is 0 Å². The number of alkyl halides is 1. The first-order valence-electron chi connectivity index (χ1n) is 5.92. The molecule has 0 aliphatic heterocycles. The maximum Gasteiger partial charge on any atom is 0.0644 e. The zero-order chi connectivity index (χ0) is 12.8. The van der Waals surface area contributed by atoms with Crippen LogP contribution in [-0.4, -0.2) is 31.3 Å². The second kappa shape index (κ2) is 6.97. The van der Waals surface area contributed by atoms with E-state index in [4.69, 9.17) is 9.47 Å². The number of methoxy groups -OCH3 is 1. The van der Waals surface area contributed by atoms with Gasteiger partial charge < -0.3 is 9.47 Å². The van der Waals surface area contributed by atoms with Crippen molar-refractivity contribution >= 4 is 15.9 Å². The van der Waals surface area contributed by atoms with Crippen molar-refractivity contribution in [1.82, 2.24) is 0 Å². The zero-order valence-corrected chi connectivity index (χ0v) is 13.2. The molecule has 0 amide bonds. The molecule has 0 aliphatic carbocycles. The maximum atomic E-state index is 5.74. The quantitative estimate of drug-likeness (QED) is 0.524. The van der Waals surface area contributed by atoms with Gasteiger partial charge in [0, 0.05) is 19.0 Å². The number of rotatable bonds is 7. The third-order valence-electron chi connectivity index (χ3n) is 3.13. The fraction of sp³-hybridized carbons (Fsp3) is 1.00. The molecule has 0 N–H and O–H groups in total. The third-order valence-corrected chi connectivity index (χ3v) is 3.91. The van der Waals surface area contributed by atoms with Gasteiger partial charge in [-0.25, -0.2) is 0 Å². The van der Waals surface area contributed by atoms with Crippen molar-refractivity contribution in [3.05, 3.63) is 0 Å². The van der Waals surface area contributed by atoms with Gasteiger partial charge in [-0.1, -0.05) is 36.7 Å². The number of ether oxygens (including phenoxy) is 2. The van der Waals surface area contributed by atoms with E-state index in [0.29, 0.717) is 11.3 Å². The highest BCUT2D eigenvalue weighted by molar-refractivity contribution is 9.09. The van der Waals surface area contributed by atoms with Crippen LogP contribution >= 0.6 is 15.9 Å². The third kappa shape index (κ3) is 6.87. The van der Waals surface area contributed by atoms with Crippen LogP contribution in [0, 0.1) is 11.3 Å². The molecule has 0 aromatic rings. The van der Waals surface area contributed by atoms with Crippen LogP contribution < -0.4 is 0 Å². The molecular formula is C13H27BrO2. The first-order valence-corrected chi connectivity index (χ1v) is 7.04. The van der Waals surface area contributed by atoms with Crippen molar-refractivity contribution in [3.63, 3.8) is 0 Å². The van der Waals surface area contributed by atoms with E-state index in [9.17, 15) is 0 Å². The molecule has 2 nitrogen and oxygen atoms in total. The van der Waals surface area contributed by atoms with Gasteiger partial charge in [-0.3, -0.25) is 0 Å². The molecule has 0 spiro atoms. The van der Waals surface area contributed by atoms with Crippen molar-refractivity contribution in [1.29, 1.82) is 0 Å². The van der Waals surface area contributed by atoms with E-state index < -0.39 is 0 Å². The summed E-state index contributed by atoms with van der Waals surface area (Å²) < 4.78 is 11.1. The topological polar surface area (TPSA) is 18.5 Å². The molecule has 0 aliphatic rings. The van der Waals surface area contributed by atoms with Crippen molar-refractivity contribution < 1.29 is 9.47 Å². The van der Waals surface area contributed by atoms with Gasteiger partial charge in [0.05, 0.1) is 12.2 Å². The summed E-state index contributed by atoms with van der Waals surface area (Å²) in [7, 11) is 1.75. The Bertz CT molecular complexity index is 185. The summed E-state index contributed by atoms with van der Waals surface area (Å²) in [5.41, 5.74) is 0.214. The Morgan fingerprint density at radius 2 is 1.69 bits per heavy atom. The summed E-state index contributed by atoms with van der Waals surface area (Å²) >= 11 is 3.55. The van der Waals surface area contributed by atoms with Crippen molar-refractivity contribution in [3.8, 4) is 0 Å². The lowest BCUT2D eigenvalue weighted by Gasteiger charge is -2.29. The molecular weight excluding hydrogens is 268 g/mol. The standard InChI is InChI=1S/C13H27BrO2/c1-12(2,3)11(9-14)10-16-8-7-13(4,5)15-6/h11H,7-10H2,1-6H3. The lowest BCUT2D eigenvalue weighted by Crippen LogP contribution is -2.29. The van der Waals surface area contributed by atoms with Crippen LogP contribution in [-0.2, 0) is 9.47 Å². The lowest BCUT2D eigenvalue weighted by atomic mass is 9.83. The molecule has 0 saturated carbocycles. The van der Waals surface area contributed by atoms with Crippen LogP contribution in [0.2, 0.25) is 0 Å². The van der Waals surface area contributed by atoms with E-state index in [0.717, 1.165) is 25.0 Å². The van der Waals surface area contributed by atoms with Gasteiger partial charge in [0.25, 0.3) is 0 Å². The van der Waals surface area contributed by atoms with E-state index in [1.807, 2.05) is 0 Å². The molecule has 98 valence electrons. The Kier molecular flexibility index (Phi) is 7.15. The summed E-state index contributed by atoms with van der Waals surface area (Å²) in [5, 5.41) is 0.990.